The second-order valence-electron chi connectivity index (χ2n) is 6.52. The smallest absolute Gasteiger partial charge is 0.260 e. The van der Waals surface area contributed by atoms with Gasteiger partial charge < -0.3 is 9.64 Å². The third-order valence-corrected chi connectivity index (χ3v) is 4.45. The Kier molecular flexibility index (Phi) is 3.95. The maximum atomic E-state index is 13.0. The highest BCUT2D eigenvalue weighted by Crippen LogP contribution is 2.33. The number of fused-ring (bicyclic) bond motifs is 1. The van der Waals surface area contributed by atoms with E-state index in [2.05, 4.69) is 10.1 Å². The summed E-state index contributed by atoms with van der Waals surface area (Å²) in [4.78, 5) is 19.2. The number of rotatable bonds is 2. The summed E-state index contributed by atoms with van der Waals surface area (Å²) in [7, 11) is 0. The van der Waals surface area contributed by atoms with E-state index in [0.717, 1.165) is 28.4 Å². The average Bonchev–Trinajstić information content (AvgIpc) is 2.98. The summed E-state index contributed by atoms with van der Waals surface area (Å²) >= 11 is 0. The number of amides is 1. The Labute approximate surface area is 152 Å². The minimum atomic E-state index is -0.0779. The van der Waals surface area contributed by atoms with Gasteiger partial charge in [0.25, 0.3) is 5.91 Å². The van der Waals surface area contributed by atoms with E-state index < -0.39 is 0 Å². The van der Waals surface area contributed by atoms with Crippen LogP contribution in [0.25, 0.3) is 5.82 Å². The zero-order chi connectivity index (χ0) is 18.3. The van der Waals surface area contributed by atoms with Crippen molar-refractivity contribution in [3.63, 3.8) is 0 Å². The second kappa shape index (κ2) is 6.29. The van der Waals surface area contributed by atoms with Gasteiger partial charge in [-0.05, 0) is 56.7 Å². The Morgan fingerprint density at radius 1 is 1.12 bits per heavy atom. The molecule has 0 bridgehead atoms. The first-order valence-electron chi connectivity index (χ1n) is 8.58. The van der Waals surface area contributed by atoms with E-state index in [1.807, 2.05) is 51.1 Å². The lowest BCUT2D eigenvalue weighted by Crippen LogP contribution is -2.38. The number of nitrogens with zero attached hydrogens (tertiary/aromatic N) is 4. The van der Waals surface area contributed by atoms with E-state index in [-0.39, 0.29) is 5.91 Å². The van der Waals surface area contributed by atoms with Crippen LogP contribution in [0.15, 0.2) is 42.6 Å². The molecule has 0 aliphatic carbocycles. The molecule has 6 nitrogen and oxygen atoms in total. The van der Waals surface area contributed by atoms with Crippen molar-refractivity contribution >= 4 is 11.6 Å². The van der Waals surface area contributed by atoms with Crippen molar-refractivity contribution in [3.8, 4) is 11.6 Å². The highest BCUT2D eigenvalue weighted by molar-refractivity contribution is 6.07. The molecule has 0 spiro atoms. The fourth-order valence-electron chi connectivity index (χ4n) is 3.19. The Morgan fingerprint density at radius 3 is 2.65 bits per heavy atom. The van der Waals surface area contributed by atoms with E-state index in [0.29, 0.717) is 24.5 Å². The molecule has 3 heterocycles. The summed E-state index contributed by atoms with van der Waals surface area (Å²) in [6.07, 6.45) is 1.61. The molecule has 0 N–H and O–H groups in total. The molecule has 0 radical (unpaired) electrons. The molecule has 0 saturated heterocycles. The summed E-state index contributed by atoms with van der Waals surface area (Å²) in [6, 6.07) is 11.5. The van der Waals surface area contributed by atoms with E-state index >= 15 is 0 Å². The van der Waals surface area contributed by atoms with Crippen LogP contribution in [0.2, 0.25) is 0 Å². The van der Waals surface area contributed by atoms with Crippen LogP contribution in [0.5, 0.6) is 5.75 Å². The Morgan fingerprint density at radius 2 is 1.96 bits per heavy atom. The number of anilines is 1. The third-order valence-electron chi connectivity index (χ3n) is 4.45. The largest absolute Gasteiger partial charge is 0.490 e. The number of pyridine rings is 1. The average molecular weight is 348 g/mol. The van der Waals surface area contributed by atoms with Gasteiger partial charge in [-0.15, -0.1) is 0 Å². The number of ether oxygens (including phenoxy) is 1. The highest BCUT2D eigenvalue weighted by atomic mass is 16.5. The summed E-state index contributed by atoms with van der Waals surface area (Å²) in [5, 5.41) is 4.43. The van der Waals surface area contributed by atoms with Crippen LogP contribution in [0.1, 0.15) is 27.3 Å². The lowest BCUT2D eigenvalue weighted by atomic mass is 10.1. The molecule has 2 aromatic heterocycles. The van der Waals surface area contributed by atoms with E-state index in [4.69, 9.17) is 4.74 Å². The molecule has 3 aromatic rings. The Balaban J connectivity index is 1.63. The van der Waals surface area contributed by atoms with Crippen molar-refractivity contribution in [2.75, 3.05) is 18.1 Å². The first kappa shape index (κ1) is 16.3. The van der Waals surface area contributed by atoms with Gasteiger partial charge in [-0.1, -0.05) is 6.07 Å². The maximum Gasteiger partial charge on any atom is 0.260 e. The van der Waals surface area contributed by atoms with Crippen LogP contribution in [0.4, 0.5) is 5.69 Å². The van der Waals surface area contributed by atoms with Crippen molar-refractivity contribution in [3.05, 3.63) is 65.1 Å². The van der Waals surface area contributed by atoms with Gasteiger partial charge in [-0.25, -0.2) is 9.67 Å². The molecular formula is C20H20N4O2. The first-order valence-corrected chi connectivity index (χ1v) is 8.58. The van der Waals surface area contributed by atoms with Crippen molar-refractivity contribution in [1.82, 2.24) is 14.8 Å². The minimum absolute atomic E-state index is 0.0779. The normalized spacial score (nSPS) is 13.3. The quantitative estimate of drug-likeness (QED) is 0.713. The minimum Gasteiger partial charge on any atom is -0.490 e. The standard InChI is InChI=1S/C20H20N4O2/c1-13-4-6-17-18(10-13)26-9-8-23(17)20(25)16-5-7-19(21-12-16)24-15(3)11-14(2)22-24/h4-7,10-12H,8-9H2,1-3H3. The molecule has 1 aliphatic rings. The highest BCUT2D eigenvalue weighted by Gasteiger charge is 2.25. The van der Waals surface area contributed by atoms with Crippen LogP contribution < -0.4 is 9.64 Å². The van der Waals surface area contributed by atoms with Crippen LogP contribution in [0.3, 0.4) is 0 Å². The molecule has 0 atom stereocenters. The third kappa shape index (κ3) is 2.83. The van der Waals surface area contributed by atoms with Gasteiger partial charge in [0.2, 0.25) is 0 Å². The number of hydrogen-bond acceptors (Lipinski definition) is 4. The van der Waals surface area contributed by atoms with Crippen LogP contribution in [0, 0.1) is 20.8 Å². The zero-order valence-corrected chi connectivity index (χ0v) is 15.1. The number of benzene rings is 1. The molecule has 0 saturated carbocycles. The molecule has 132 valence electrons. The SMILES string of the molecule is Cc1ccc2c(c1)OCCN2C(=O)c1ccc(-n2nc(C)cc2C)nc1. The molecule has 4 rings (SSSR count). The molecule has 1 aliphatic heterocycles. The van der Waals surface area contributed by atoms with Gasteiger partial charge in [-0.2, -0.15) is 5.10 Å². The first-order chi connectivity index (χ1) is 12.5. The monoisotopic (exact) mass is 348 g/mol. The predicted octanol–water partition coefficient (Wildman–Crippen LogP) is 3.23. The van der Waals surface area contributed by atoms with Gasteiger partial charge in [0.05, 0.1) is 23.5 Å². The summed E-state index contributed by atoms with van der Waals surface area (Å²) in [5.41, 5.74) is 4.39. The molecule has 1 aromatic carbocycles. The fraction of sp³-hybridized carbons (Fsp3) is 0.250. The van der Waals surface area contributed by atoms with Crippen molar-refractivity contribution < 1.29 is 9.53 Å². The molecule has 1 amide bonds. The van der Waals surface area contributed by atoms with Crippen LogP contribution in [-0.4, -0.2) is 33.8 Å². The van der Waals surface area contributed by atoms with Gasteiger partial charge in [0, 0.05) is 11.9 Å². The maximum absolute atomic E-state index is 13.0. The Hall–Kier alpha value is -3.15. The zero-order valence-electron chi connectivity index (χ0n) is 15.1. The molecule has 26 heavy (non-hydrogen) atoms. The summed E-state index contributed by atoms with van der Waals surface area (Å²) in [6.45, 7) is 6.94. The predicted molar refractivity (Wildman–Crippen MR) is 99.2 cm³/mol. The second-order valence-corrected chi connectivity index (χ2v) is 6.52. The van der Waals surface area contributed by atoms with Crippen molar-refractivity contribution in [2.24, 2.45) is 0 Å². The summed E-state index contributed by atoms with van der Waals surface area (Å²) in [5.74, 6) is 1.37. The topological polar surface area (TPSA) is 60.2 Å². The molecule has 6 heteroatoms. The summed E-state index contributed by atoms with van der Waals surface area (Å²) < 4.78 is 7.47. The van der Waals surface area contributed by atoms with Gasteiger partial charge in [0.15, 0.2) is 5.82 Å². The van der Waals surface area contributed by atoms with Crippen molar-refractivity contribution in [2.45, 2.75) is 20.8 Å². The van der Waals surface area contributed by atoms with Gasteiger partial charge in [0.1, 0.15) is 12.4 Å². The number of aryl methyl sites for hydroxylation is 3. The number of carbonyl (C=O) groups excluding carboxylic acids is 1. The number of aromatic nitrogens is 3. The molecule has 0 fully saturated rings. The lowest BCUT2D eigenvalue weighted by molar-refractivity contribution is 0.0976. The Bertz CT molecular complexity index is 976. The number of carbonyl (C=O) groups is 1. The van der Waals surface area contributed by atoms with Crippen LogP contribution >= 0.6 is 0 Å². The van der Waals surface area contributed by atoms with E-state index in [1.165, 1.54) is 0 Å². The molecule has 0 unspecified atom stereocenters. The van der Waals surface area contributed by atoms with Crippen LogP contribution in [-0.2, 0) is 0 Å². The van der Waals surface area contributed by atoms with Gasteiger partial charge in [-0.3, -0.25) is 4.79 Å². The molecular weight excluding hydrogens is 328 g/mol. The van der Waals surface area contributed by atoms with E-state index in [9.17, 15) is 4.79 Å². The van der Waals surface area contributed by atoms with Crippen molar-refractivity contribution in [1.29, 1.82) is 0 Å². The lowest BCUT2D eigenvalue weighted by Gasteiger charge is -2.29. The van der Waals surface area contributed by atoms with E-state index in [1.54, 1.807) is 21.8 Å². The van der Waals surface area contributed by atoms with Gasteiger partial charge >= 0.3 is 0 Å². The number of hydrogen-bond donors (Lipinski definition) is 0. The fourth-order valence-corrected chi connectivity index (χ4v) is 3.19.